The third kappa shape index (κ3) is 4.52. The summed E-state index contributed by atoms with van der Waals surface area (Å²) in [6, 6.07) is 12.6. The molecular formula is C17H11BrClFN4O. The van der Waals surface area contributed by atoms with E-state index in [4.69, 9.17) is 11.6 Å². The zero-order chi connectivity index (χ0) is 17.8. The second kappa shape index (κ2) is 7.58. The van der Waals surface area contributed by atoms with Crippen molar-refractivity contribution in [3.63, 3.8) is 0 Å². The van der Waals surface area contributed by atoms with Crippen LogP contribution in [0, 0.1) is 5.82 Å². The van der Waals surface area contributed by atoms with Crippen LogP contribution >= 0.6 is 27.5 Å². The van der Waals surface area contributed by atoms with Crippen molar-refractivity contribution in [2.24, 2.45) is 0 Å². The summed E-state index contributed by atoms with van der Waals surface area (Å²) in [4.78, 5) is 19.6. The Labute approximate surface area is 156 Å². The molecule has 2 N–H and O–H groups in total. The van der Waals surface area contributed by atoms with Crippen molar-refractivity contribution in [1.29, 1.82) is 0 Å². The molecule has 3 aromatic rings. The van der Waals surface area contributed by atoms with E-state index >= 15 is 0 Å². The maximum atomic E-state index is 13.0. The van der Waals surface area contributed by atoms with Crippen LogP contribution in [0.1, 0.15) is 10.4 Å². The average Bonchev–Trinajstić information content (AvgIpc) is 2.60. The molecule has 1 heterocycles. The molecule has 3 rings (SSSR count). The Balaban J connectivity index is 1.78. The molecule has 5 nitrogen and oxygen atoms in total. The smallest absolute Gasteiger partial charge is 0.252 e. The van der Waals surface area contributed by atoms with Gasteiger partial charge in [-0.2, -0.15) is 4.98 Å². The summed E-state index contributed by atoms with van der Waals surface area (Å²) in [6.45, 7) is 0. The van der Waals surface area contributed by atoms with Gasteiger partial charge < -0.3 is 10.6 Å². The molecule has 0 unspecified atom stereocenters. The summed E-state index contributed by atoms with van der Waals surface area (Å²) < 4.78 is 13.6. The molecule has 0 aliphatic carbocycles. The van der Waals surface area contributed by atoms with E-state index < -0.39 is 5.24 Å². The van der Waals surface area contributed by atoms with Gasteiger partial charge in [0.1, 0.15) is 11.6 Å². The molecule has 0 saturated carbocycles. The van der Waals surface area contributed by atoms with Gasteiger partial charge in [-0.05, 0) is 76.1 Å². The van der Waals surface area contributed by atoms with Crippen molar-refractivity contribution in [3.8, 4) is 0 Å². The van der Waals surface area contributed by atoms with Gasteiger partial charge in [-0.1, -0.05) is 0 Å². The van der Waals surface area contributed by atoms with E-state index in [1.54, 1.807) is 42.6 Å². The number of aromatic nitrogens is 2. The maximum Gasteiger partial charge on any atom is 0.252 e. The number of hydrogen-bond acceptors (Lipinski definition) is 5. The first-order valence-electron chi connectivity index (χ1n) is 7.13. The summed E-state index contributed by atoms with van der Waals surface area (Å²) in [5.74, 6) is 0.572. The van der Waals surface area contributed by atoms with E-state index in [9.17, 15) is 9.18 Å². The fraction of sp³-hybridized carbons (Fsp3) is 0. The number of carbonyl (C=O) groups excluding carboxylic acids is 1. The van der Waals surface area contributed by atoms with E-state index in [2.05, 4.69) is 36.5 Å². The Morgan fingerprint density at radius 2 is 1.60 bits per heavy atom. The fourth-order valence-electron chi connectivity index (χ4n) is 2.00. The monoisotopic (exact) mass is 420 g/mol. The van der Waals surface area contributed by atoms with Gasteiger partial charge in [0.2, 0.25) is 5.95 Å². The van der Waals surface area contributed by atoms with E-state index in [0.717, 1.165) is 0 Å². The Bertz CT molecular complexity index is 904. The van der Waals surface area contributed by atoms with E-state index in [1.165, 1.54) is 12.1 Å². The minimum atomic E-state index is -0.516. The van der Waals surface area contributed by atoms with E-state index in [0.29, 0.717) is 33.2 Å². The highest BCUT2D eigenvalue weighted by Crippen LogP contribution is 2.25. The number of nitrogens with one attached hydrogen (secondary N) is 2. The lowest BCUT2D eigenvalue weighted by Crippen LogP contribution is -2.02. The summed E-state index contributed by atoms with van der Waals surface area (Å²) >= 11 is 8.79. The van der Waals surface area contributed by atoms with E-state index in [1.807, 2.05) is 0 Å². The van der Waals surface area contributed by atoms with Crippen LogP contribution in [0.3, 0.4) is 0 Å². The van der Waals surface area contributed by atoms with Crippen LogP contribution in [0.5, 0.6) is 0 Å². The van der Waals surface area contributed by atoms with Crippen molar-refractivity contribution >= 4 is 55.9 Å². The number of carbonyl (C=O) groups is 1. The maximum absolute atomic E-state index is 13.0. The van der Waals surface area contributed by atoms with Crippen LogP contribution in [0.15, 0.2) is 59.2 Å². The number of benzene rings is 2. The quantitative estimate of drug-likeness (QED) is 0.551. The lowest BCUT2D eigenvalue weighted by Gasteiger charge is -2.10. The topological polar surface area (TPSA) is 66.9 Å². The molecule has 2 aromatic carbocycles. The lowest BCUT2D eigenvalue weighted by molar-refractivity contribution is 0.108. The highest BCUT2D eigenvalue weighted by atomic mass is 79.9. The lowest BCUT2D eigenvalue weighted by atomic mass is 10.2. The molecule has 0 fully saturated rings. The van der Waals surface area contributed by atoms with Gasteiger partial charge >= 0.3 is 0 Å². The van der Waals surface area contributed by atoms with Crippen molar-refractivity contribution in [2.75, 3.05) is 10.6 Å². The van der Waals surface area contributed by atoms with Crippen LogP contribution < -0.4 is 10.6 Å². The normalized spacial score (nSPS) is 10.4. The molecule has 1 aromatic heterocycles. The number of halogens is 3. The van der Waals surface area contributed by atoms with Gasteiger partial charge in [-0.15, -0.1) is 0 Å². The second-order valence-electron chi connectivity index (χ2n) is 5.00. The largest absolute Gasteiger partial charge is 0.339 e. The van der Waals surface area contributed by atoms with Crippen molar-refractivity contribution in [2.45, 2.75) is 0 Å². The number of rotatable bonds is 5. The molecule has 0 aliphatic heterocycles. The summed E-state index contributed by atoms with van der Waals surface area (Å²) in [5, 5.41) is 5.60. The zero-order valence-electron chi connectivity index (χ0n) is 12.6. The van der Waals surface area contributed by atoms with Gasteiger partial charge in [-0.3, -0.25) is 4.79 Å². The van der Waals surface area contributed by atoms with Gasteiger partial charge in [-0.25, -0.2) is 9.37 Å². The van der Waals surface area contributed by atoms with Crippen LogP contribution in [0.25, 0.3) is 0 Å². The number of hydrogen-bond donors (Lipinski definition) is 2. The first kappa shape index (κ1) is 17.3. The minimum absolute atomic E-state index is 0.312. The van der Waals surface area contributed by atoms with Gasteiger partial charge in [0.05, 0.1) is 4.47 Å². The van der Waals surface area contributed by atoms with Crippen molar-refractivity contribution < 1.29 is 9.18 Å². The molecule has 0 atom stereocenters. The molecular weight excluding hydrogens is 411 g/mol. The van der Waals surface area contributed by atoms with Crippen LogP contribution in [0.2, 0.25) is 0 Å². The van der Waals surface area contributed by atoms with Crippen LogP contribution in [-0.4, -0.2) is 15.2 Å². The van der Waals surface area contributed by atoms with E-state index in [-0.39, 0.29) is 5.82 Å². The summed E-state index contributed by atoms with van der Waals surface area (Å²) in [7, 11) is 0. The standard InChI is InChI=1S/C17H11BrClFN4O/c18-14-9-21-17(23-13-5-1-10(2-6-13)15(19)25)24-16(14)22-12-7-3-11(20)4-8-12/h1-9H,(H2,21,22,23,24). The van der Waals surface area contributed by atoms with Crippen molar-refractivity contribution in [1.82, 2.24) is 9.97 Å². The Kier molecular flexibility index (Phi) is 5.25. The molecule has 0 aliphatic rings. The molecule has 0 spiro atoms. The average molecular weight is 422 g/mol. The van der Waals surface area contributed by atoms with Crippen LogP contribution in [0.4, 0.5) is 27.5 Å². The number of anilines is 4. The zero-order valence-corrected chi connectivity index (χ0v) is 15.0. The summed E-state index contributed by atoms with van der Waals surface area (Å²) in [5.41, 5.74) is 1.80. The molecule has 25 heavy (non-hydrogen) atoms. The van der Waals surface area contributed by atoms with Gasteiger partial charge in [0.15, 0.2) is 0 Å². The predicted molar refractivity (Wildman–Crippen MR) is 99.3 cm³/mol. The molecule has 0 radical (unpaired) electrons. The Morgan fingerprint density at radius 1 is 1.00 bits per heavy atom. The Hall–Kier alpha value is -2.51. The molecule has 8 heteroatoms. The Morgan fingerprint density at radius 3 is 2.24 bits per heavy atom. The van der Waals surface area contributed by atoms with Crippen LogP contribution in [-0.2, 0) is 0 Å². The highest BCUT2D eigenvalue weighted by Gasteiger charge is 2.07. The van der Waals surface area contributed by atoms with Crippen molar-refractivity contribution in [3.05, 3.63) is 70.6 Å². The first-order chi connectivity index (χ1) is 12.0. The first-order valence-corrected chi connectivity index (χ1v) is 8.30. The third-order valence-electron chi connectivity index (χ3n) is 3.22. The molecule has 0 bridgehead atoms. The molecule has 0 saturated heterocycles. The SMILES string of the molecule is O=C(Cl)c1ccc(Nc2ncc(Br)c(Nc3ccc(F)cc3)n2)cc1. The highest BCUT2D eigenvalue weighted by molar-refractivity contribution is 9.10. The minimum Gasteiger partial charge on any atom is -0.339 e. The number of nitrogens with zero attached hydrogens (tertiary/aromatic N) is 2. The van der Waals surface area contributed by atoms with Gasteiger partial charge in [0, 0.05) is 23.1 Å². The van der Waals surface area contributed by atoms with Gasteiger partial charge in [0.25, 0.3) is 5.24 Å². The molecule has 126 valence electrons. The predicted octanol–water partition coefficient (Wildman–Crippen LogP) is 5.24. The second-order valence-corrected chi connectivity index (χ2v) is 6.20. The molecule has 0 amide bonds. The fourth-order valence-corrected chi connectivity index (χ4v) is 2.41. The summed E-state index contributed by atoms with van der Waals surface area (Å²) in [6.07, 6.45) is 1.60. The third-order valence-corrected chi connectivity index (χ3v) is 4.02.